The number of likely N-dealkylation sites (tertiary alicyclic amines) is 1. The Bertz CT molecular complexity index is 991. The molecule has 4 nitrogen and oxygen atoms in total. The fourth-order valence-electron chi connectivity index (χ4n) is 6.09. The van der Waals surface area contributed by atoms with E-state index in [1.54, 1.807) is 0 Å². The van der Waals surface area contributed by atoms with Crippen LogP contribution in [0.15, 0.2) is 54.6 Å². The minimum atomic E-state index is 0.103. The van der Waals surface area contributed by atoms with Gasteiger partial charge < -0.3 is 15.0 Å². The molecule has 2 aliphatic heterocycles. The first-order valence-electron chi connectivity index (χ1n) is 16.2. The number of hydrogen-bond donors (Lipinski definition) is 1. The van der Waals surface area contributed by atoms with Crippen molar-refractivity contribution in [2.75, 3.05) is 32.8 Å². The molecule has 2 heterocycles. The molecule has 232 valence electrons. The van der Waals surface area contributed by atoms with Crippen LogP contribution < -0.4 is 10.1 Å². The van der Waals surface area contributed by atoms with E-state index in [1.807, 2.05) is 36.4 Å². The summed E-state index contributed by atoms with van der Waals surface area (Å²) in [6, 6.07) is 18.6. The van der Waals surface area contributed by atoms with Crippen molar-refractivity contribution >= 4 is 5.91 Å². The Balaban J connectivity index is 0.000000420. The lowest BCUT2D eigenvalue weighted by molar-refractivity contribution is -0.638. The second kappa shape index (κ2) is 23.9. The third-order valence-corrected chi connectivity index (χ3v) is 8.26. The number of piperidine rings is 1. The Kier molecular flexibility index (Phi) is 20.7. The first-order chi connectivity index (χ1) is 21.3. The van der Waals surface area contributed by atoms with Crippen molar-refractivity contribution < 1.29 is 14.8 Å². The van der Waals surface area contributed by atoms with Crippen molar-refractivity contribution in [3.63, 3.8) is 0 Å². The number of carbonyl (C=O) groups is 1. The Morgan fingerprint density at radius 2 is 1.19 bits per heavy atom. The fourth-order valence-corrected chi connectivity index (χ4v) is 6.09. The lowest BCUT2D eigenvalue weighted by Crippen LogP contribution is -2.81. The molecule has 2 atom stereocenters. The maximum Gasteiger partial charge on any atom is 0.232 e. The lowest BCUT2D eigenvalue weighted by Gasteiger charge is -2.30. The Morgan fingerprint density at radius 1 is 0.721 bits per heavy atom. The van der Waals surface area contributed by atoms with E-state index in [0.29, 0.717) is 18.4 Å². The number of terminal acetylenes is 3. The van der Waals surface area contributed by atoms with Crippen molar-refractivity contribution in [1.82, 2.24) is 4.90 Å². The average Bonchev–Trinajstić information content (AvgIpc) is 3.85. The van der Waals surface area contributed by atoms with Crippen LogP contribution in [-0.2, 0) is 4.79 Å². The Labute approximate surface area is 263 Å². The number of hydrogen-bond acceptors (Lipinski definition) is 2. The molecule has 2 saturated carbocycles. The standard InChI is InChI=1S/C21H30N2O2.C6H12.C6H6.3C2H2/c1-2-25-20-16(15-9-10-15)7-6-8-17(20)18-13-22-14-19(18)21(24)23-11-4-3-5-12-23;2*1-2-4-6-5-3-1;3*1-2/h6-8,15,18-19,22H,2-5,9-14H2,1H3;1-6H2;1-6H;3*1-2H/p+1/t18-,19?;;;;;/m0...../s1. The minimum absolute atomic E-state index is 0.103. The summed E-state index contributed by atoms with van der Waals surface area (Å²) in [5.74, 6) is 2.52. The van der Waals surface area contributed by atoms with Crippen molar-refractivity contribution in [3.05, 3.63) is 65.7 Å². The largest absolute Gasteiger partial charge is 0.493 e. The quantitative estimate of drug-likeness (QED) is 0.384. The van der Waals surface area contributed by atoms with E-state index < -0.39 is 0 Å². The molecule has 2 N–H and O–H groups in total. The van der Waals surface area contributed by atoms with Gasteiger partial charge in [-0.1, -0.05) is 93.1 Å². The number of ether oxygens (including phenoxy) is 1. The van der Waals surface area contributed by atoms with E-state index in [9.17, 15) is 4.79 Å². The number of para-hydroxylation sites is 1. The van der Waals surface area contributed by atoms with Gasteiger partial charge in [-0.05, 0) is 50.5 Å². The molecule has 0 bridgehead atoms. The highest BCUT2D eigenvalue weighted by Gasteiger charge is 2.42. The molecule has 4 heteroatoms. The zero-order valence-electron chi connectivity index (χ0n) is 26.5. The maximum absolute atomic E-state index is 13.1. The van der Waals surface area contributed by atoms with E-state index in [0.717, 1.165) is 44.8 Å². The summed E-state index contributed by atoms with van der Waals surface area (Å²) in [5, 5.41) is 2.32. The monoisotopic (exact) mass is 583 g/mol. The molecule has 0 radical (unpaired) electrons. The van der Waals surface area contributed by atoms with Crippen molar-refractivity contribution in [2.24, 2.45) is 5.92 Å². The van der Waals surface area contributed by atoms with Crippen LogP contribution in [0.4, 0.5) is 0 Å². The van der Waals surface area contributed by atoms with E-state index >= 15 is 0 Å². The smallest absolute Gasteiger partial charge is 0.232 e. The summed E-state index contributed by atoms with van der Waals surface area (Å²) in [7, 11) is 0. The summed E-state index contributed by atoms with van der Waals surface area (Å²) in [4.78, 5) is 15.3. The fraction of sp³-hybridized carbons (Fsp3) is 0.513. The van der Waals surface area contributed by atoms with Gasteiger partial charge in [0, 0.05) is 18.7 Å². The molecule has 0 aromatic heterocycles. The van der Waals surface area contributed by atoms with Gasteiger partial charge in [-0.15, -0.1) is 38.5 Å². The first-order valence-corrected chi connectivity index (χ1v) is 16.2. The summed E-state index contributed by atoms with van der Waals surface area (Å²) >= 11 is 0. The number of nitrogens with two attached hydrogens (primary N) is 1. The second-order valence-corrected chi connectivity index (χ2v) is 11.1. The van der Waals surface area contributed by atoms with Gasteiger partial charge in [0.15, 0.2) is 0 Å². The van der Waals surface area contributed by atoms with Gasteiger partial charge in [0.2, 0.25) is 5.91 Å². The van der Waals surface area contributed by atoms with Gasteiger partial charge in [-0.25, -0.2) is 0 Å². The van der Waals surface area contributed by atoms with E-state index in [4.69, 9.17) is 4.74 Å². The summed E-state index contributed by atoms with van der Waals surface area (Å²) in [6.45, 7) is 6.56. The second-order valence-electron chi connectivity index (χ2n) is 11.1. The predicted octanol–water partition coefficient (Wildman–Crippen LogP) is 7.03. The summed E-state index contributed by atoms with van der Waals surface area (Å²) in [5.41, 5.74) is 2.64. The van der Waals surface area contributed by atoms with Crippen molar-refractivity contribution in [1.29, 1.82) is 0 Å². The van der Waals surface area contributed by atoms with Gasteiger partial charge in [0.25, 0.3) is 0 Å². The molecule has 1 amide bonds. The van der Waals surface area contributed by atoms with Crippen LogP contribution in [0.25, 0.3) is 0 Å². The Hall–Kier alpha value is -3.65. The predicted molar refractivity (Wildman–Crippen MR) is 182 cm³/mol. The highest BCUT2D eigenvalue weighted by molar-refractivity contribution is 5.80. The molecule has 43 heavy (non-hydrogen) atoms. The SMILES string of the molecule is C#C.C#C.C#C.C1CCCCC1.CCOc1c(C2CC2)cccc1[C@@H]1C[NH2+]CC1C(=O)N1CCCCC1.c1ccccc1. The molecule has 2 saturated heterocycles. The molecule has 0 spiro atoms. The highest BCUT2D eigenvalue weighted by atomic mass is 16.5. The minimum Gasteiger partial charge on any atom is -0.493 e. The molecule has 6 rings (SSSR count). The van der Waals surface area contributed by atoms with Gasteiger partial charge in [-0.3, -0.25) is 4.79 Å². The van der Waals surface area contributed by atoms with Crippen LogP contribution in [0, 0.1) is 44.5 Å². The van der Waals surface area contributed by atoms with Crippen LogP contribution in [0.2, 0.25) is 0 Å². The first kappa shape index (κ1) is 37.4. The topological polar surface area (TPSA) is 46.1 Å². The molecule has 4 aliphatic rings. The molecular weight excluding hydrogens is 528 g/mol. The van der Waals surface area contributed by atoms with E-state index in [-0.39, 0.29) is 11.8 Å². The molecular formula is C39H55N2O2+. The third-order valence-electron chi connectivity index (χ3n) is 8.26. The van der Waals surface area contributed by atoms with Gasteiger partial charge in [-0.2, -0.15) is 0 Å². The van der Waals surface area contributed by atoms with Crippen molar-refractivity contribution in [2.45, 2.75) is 89.4 Å². The molecule has 4 fully saturated rings. The third kappa shape index (κ3) is 13.0. The number of amides is 1. The molecule has 2 aliphatic carbocycles. The number of carbonyl (C=O) groups excluding carboxylic acids is 1. The van der Waals surface area contributed by atoms with Crippen LogP contribution in [-0.4, -0.2) is 43.6 Å². The van der Waals surface area contributed by atoms with E-state index in [2.05, 4.69) is 73.9 Å². The number of benzene rings is 2. The number of nitrogens with zero attached hydrogens (tertiary/aromatic N) is 1. The zero-order chi connectivity index (χ0) is 31.7. The number of quaternary nitrogens is 1. The van der Waals surface area contributed by atoms with Crippen LogP contribution in [0.3, 0.4) is 0 Å². The van der Waals surface area contributed by atoms with Gasteiger partial charge in [0.05, 0.1) is 31.5 Å². The average molecular weight is 584 g/mol. The highest BCUT2D eigenvalue weighted by Crippen LogP contribution is 2.47. The molecule has 1 unspecified atom stereocenters. The summed E-state index contributed by atoms with van der Waals surface area (Å²) < 4.78 is 6.12. The van der Waals surface area contributed by atoms with Gasteiger partial charge >= 0.3 is 0 Å². The zero-order valence-corrected chi connectivity index (χ0v) is 26.5. The number of rotatable bonds is 5. The Morgan fingerprint density at radius 3 is 1.65 bits per heavy atom. The molecule has 2 aromatic carbocycles. The summed E-state index contributed by atoms with van der Waals surface area (Å²) in [6.07, 6.45) is 39.1. The van der Waals surface area contributed by atoms with Crippen LogP contribution in [0.1, 0.15) is 101 Å². The van der Waals surface area contributed by atoms with Crippen LogP contribution in [0.5, 0.6) is 5.75 Å². The van der Waals surface area contributed by atoms with Crippen LogP contribution >= 0.6 is 0 Å². The lowest BCUT2D eigenvalue weighted by atomic mass is 9.85. The van der Waals surface area contributed by atoms with Crippen molar-refractivity contribution in [3.8, 4) is 44.3 Å². The molecule has 2 aromatic rings. The van der Waals surface area contributed by atoms with E-state index in [1.165, 1.54) is 68.9 Å². The maximum atomic E-state index is 13.1. The normalized spacial score (nSPS) is 20.1. The van der Waals surface area contributed by atoms with Gasteiger partial charge in [0.1, 0.15) is 5.75 Å².